The first-order valence-corrected chi connectivity index (χ1v) is 9.77. The molecule has 1 N–H and O–H groups in total. The van der Waals surface area contributed by atoms with E-state index in [1.165, 1.54) is 11.3 Å². The molecule has 24 heavy (non-hydrogen) atoms. The van der Waals surface area contributed by atoms with Crippen LogP contribution in [-0.4, -0.2) is 25.5 Å². The summed E-state index contributed by atoms with van der Waals surface area (Å²) in [6, 6.07) is 0. The maximum atomic E-state index is 12.5. The van der Waals surface area contributed by atoms with Gasteiger partial charge >= 0.3 is 0 Å². The highest BCUT2D eigenvalue weighted by Crippen LogP contribution is 2.32. The van der Waals surface area contributed by atoms with Crippen LogP contribution in [0.15, 0.2) is 5.38 Å². The molecular formula is C15H17N5OS3. The number of aromatic nitrogens is 4. The summed E-state index contributed by atoms with van der Waals surface area (Å²) in [6.07, 6.45) is 0. The highest BCUT2D eigenvalue weighted by atomic mass is 32.1. The molecule has 0 spiro atoms. The van der Waals surface area contributed by atoms with E-state index in [1.807, 2.05) is 40.0 Å². The maximum Gasteiger partial charge on any atom is 0.271 e. The van der Waals surface area contributed by atoms with Crippen molar-refractivity contribution in [3.63, 3.8) is 0 Å². The first kappa shape index (κ1) is 17.1. The summed E-state index contributed by atoms with van der Waals surface area (Å²) in [6.45, 7) is 9.97. The van der Waals surface area contributed by atoms with Crippen LogP contribution in [0.2, 0.25) is 0 Å². The number of anilines is 1. The molecule has 0 aliphatic heterocycles. The van der Waals surface area contributed by atoms with Crippen molar-refractivity contribution < 1.29 is 4.79 Å². The number of amides is 1. The number of carbonyl (C=O) groups excluding carboxylic acids is 1. The van der Waals surface area contributed by atoms with E-state index in [9.17, 15) is 4.79 Å². The van der Waals surface area contributed by atoms with Crippen LogP contribution in [0.25, 0.3) is 10.6 Å². The van der Waals surface area contributed by atoms with E-state index in [4.69, 9.17) is 0 Å². The number of thiazole rings is 2. The molecular weight excluding hydrogens is 362 g/mol. The molecule has 3 aromatic rings. The molecule has 0 aromatic carbocycles. The molecule has 0 unspecified atom stereocenters. The van der Waals surface area contributed by atoms with Crippen LogP contribution in [-0.2, 0) is 5.41 Å². The van der Waals surface area contributed by atoms with Gasteiger partial charge in [0.05, 0.1) is 27.0 Å². The second-order valence-corrected chi connectivity index (χ2v) is 9.16. The average Bonchev–Trinajstić information content (AvgIpc) is 3.17. The lowest BCUT2D eigenvalue weighted by Crippen LogP contribution is -2.19. The summed E-state index contributed by atoms with van der Waals surface area (Å²) in [4.78, 5) is 23.0. The van der Waals surface area contributed by atoms with Gasteiger partial charge in [-0.1, -0.05) is 25.3 Å². The largest absolute Gasteiger partial charge is 0.297 e. The Morgan fingerprint density at radius 1 is 1.21 bits per heavy atom. The summed E-state index contributed by atoms with van der Waals surface area (Å²) < 4.78 is 3.93. The number of nitrogens with one attached hydrogen (secondary N) is 1. The molecule has 3 aromatic heterocycles. The van der Waals surface area contributed by atoms with Gasteiger partial charge in [-0.25, -0.2) is 9.97 Å². The summed E-state index contributed by atoms with van der Waals surface area (Å²) in [7, 11) is 0. The second kappa shape index (κ2) is 6.30. The second-order valence-electron chi connectivity index (χ2n) is 6.34. The fourth-order valence-corrected chi connectivity index (χ4v) is 4.61. The van der Waals surface area contributed by atoms with Crippen molar-refractivity contribution in [2.75, 3.05) is 5.32 Å². The molecule has 126 valence electrons. The van der Waals surface area contributed by atoms with Crippen LogP contribution in [0.3, 0.4) is 0 Å². The Hall–Kier alpha value is -1.71. The minimum atomic E-state index is -0.231. The standard InChI is InChI=1S/C15H17N5OS3/c1-7-10(23-8(2)16-7)9-6-22-14(17-9)18-13(21)11-12(15(3,4)5)19-20-24-11/h6H,1-5H3,(H,17,18,21). The molecule has 0 bridgehead atoms. The highest BCUT2D eigenvalue weighted by Gasteiger charge is 2.26. The van der Waals surface area contributed by atoms with Crippen molar-refractivity contribution in [3.8, 4) is 10.6 Å². The Labute approximate surface area is 152 Å². The highest BCUT2D eigenvalue weighted by molar-refractivity contribution is 7.17. The van der Waals surface area contributed by atoms with E-state index in [2.05, 4.69) is 24.9 Å². The van der Waals surface area contributed by atoms with Gasteiger partial charge in [0, 0.05) is 10.8 Å². The Kier molecular flexibility index (Phi) is 4.50. The third kappa shape index (κ3) is 3.38. The number of hydrogen-bond donors (Lipinski definition) is 1. The van der Waals surface area contributed by atoms with Gasteiger partial charge in [0.2, 0.25) is 0 Å². The van der Waals surface area contributed by atoms with E-state index in [0.717, 1.165) is 32.8 Å². The summed E-state index contributed by atoms with van der Waals surface area (Å²) >= 11 is 4.12. The fraction of sp³-hybridized carbons (Fsp3) is 0.400. The third-order valence-electron chi connectivity index (χ3n) is 3.27. The zero-order valence-electron chi connectivity index (χ0n) is 14.0. The molecule has 0 radical (unpaired) electrons. The van der Waals surface area contributed by atoms with E-state index in [-0.39, 0.29) is 11.3 Å². The van der Waals surface area contributed by atoms with E-state index < -0.39 is 0 Å². The third-order valence-corrected chi connectivity index (χ3v) is 5.84. The molecule has 0 aliphatic carbocycles. The molecule has 6 nitrogen and oxygen atoms in total. The number of rotatable bonds is 3. The van der Waals surface area contributed by atoms with Crippen molar-refractivity contribution in [2.45, 2.75) is 40.0 Å². The molecule has 0 saturated carbocycles. The lowest BCUT2D eigenvalue weighted by atomic mass is 9.91. The smallest absolute Gasteiger partial charge is 0.271 e. The molecule has 0 fully saturated rings. The molecule has 0 saturated heterocycles. The van der Waals surface area contributed by atoms with Crippen molar-refractivity contribution in [2.24, 2.45) is 0 Å². The van der Waals surface area contributed by atoms with Gasteiger partial charge < -0.3 is 0 Å². The number of hydrogen-bond acceptors (Lipinski definition) is 8. The number of nitrogens with zero attached hydrogens (tertiary/aromatic N) is 4. The van der Waals surface area contributed by atoms with Gasteiger partial charge in [0.15, 0.2) is 5.13 Å². The predicted molar refractivity (Wildman–Crippen MR) is 99.3 cm³/mol. The van der Waals surface area contributed by atoms with Crippen molar-refractivity contribution >= 4 is 45.2 Å². The van der Waals surface area contributed by atoms with Crippen LogP contribution < -0.4 is 5.32 Å². The predicted octanol–water partition coefficient (Wildman–Crippen LogP) is 4.28. The summed E-state index contributed by atoms with van der Waals surface area (Å²) in [5, 5.41) is 10.5. The number of aryl methyl sites for hydroxylation is 2. The van der Waals surface area contributed by atoms with Crippen molar-refractivity contribution in [3.05, 3.63) is 26.7 Å². The van der Waals surface area contributed by atoms with Gasteiger partial charge in [0.1, 0.15) is 4.88 Å². The Morgan fingerprint density at radius 2 is 1.96 bits per heavy atom. The topological polar surface area (TPSA) is 80.7 Å². The summed E-state index contributed by atoms with van der Waals surface area (Å²) in [5.74, 6) is -0.215. The monoisotopic (exact) mass is 379 g/mol. The molecule has 0 atom stereocenters. The molecule has 1 amide bonds. The van der Waals surface area contributed by atoms with Crippen molar-refractivity contribution in [1.29, 1.82) is 0 Å². The zero-order chi connectivity index (χ0) is 17.5. The van der Waals surface area contributed by atoms with Crippen LogP contribution >= 0.6 is 34.2 Å². The number of carbonyl (C=O) groups is 1. The fourth-order valence-electron chi connectivity index (χ4n) is 2.19. The average molecular weight is 380 g/mol. The van der Waals surface area contributed by atoms with Crippen LogP contribution in [0.4, 0.5) is 5.13 Å². The van der Waals surface area contributed by atoms with Gasteiger partial charge in [-0.3, -0.25) is 10.1 Å². The zero-order valence-corrected chi connectivity index (χ0v) is 16.4. The van der Waals surface area contributed by atoms with Gasteiger partial charge in [-0.05, 0) is 25.4 Å². The van der Waals surface area contributed by atoms with Crippen LogP contribution in [0.5, 0.6) is 0 Å². The minimum Gasteiger partial charge on any atom is -0.297 e. The SMILES string of the molecule is Cc1nc(C)c(-c2csc(NC(=O)c3snnc3C(C)(C)C)n2)s1. The Balaban J connectivity index is 1.82. The normalized spacial score (nSPS) is 11.7. The molecule has 3 heterocycles. The van der Waals surface area contributed by atoms with E-state index in [0.29, 0.717) is 15.7 Å². The first-order chi connectivity index (χ1) is 11.3. The minimum absolute atomic E-state index is 0.215. The Morgan fingerprint density at radius 3 is 2.58 bits per heavy atom. The maximum absolute atomic E-state index is 12.5. The lowest BCUT2D eigenvalue weighted by Gasteiger charge is -2.15. The molecule has 0 aliphatic rings. The Bertz CT molecular complexity index is 887. The van der Waals surface area contributed by atoms with E-state index in [1.54, 1.807) is 11.3 Å². The van der Waals surface area contributed by atoms with Gasteiger partial charge in [-0.15, -0.1) is 27.8 Å². The van der Waals surface area contributed by atoms with Crippen LogP contribution in [0, 0.1) is 13.8 Å². The molecule has 3 rings (SSSR count). The van der Waals surface area contributed by atoms with Crippen molar-refractivity contribution in [1.82, 2.24) is 19.6 Å². The van der Waals surface area contributed by atoms with E-state index >= 15 is 0 Å². The van der Waals surface area contributed by atoms with Crippen LogP contribution in [0.1, 0.15) is 46.8 Å². The lowest BCUT2D eigenvalue weighted by molar-refractivity contribution is 0.102. The van der Waals surface area contributed by atoms with Gasteiger partial charge in [-0.2, -0.15) is 0 Å². The quantitative estimate of drug-likeness (QED) is 0.734. The first-order valence-electron chi connectivity index (χ1n) is 7.30. The van der Waals surface area contributed by atoms with Gasteiger partial charge in [0.25, 0.3) is 5.91 Å². The molecule has 9 heteroatoms. The summed E-state index contributed by atoms with van der Waals surface area (Å²) in [5.41, 5.74) is 2.28.